The molecule has 0 fully saturated rings. The van der Waals surface area contributed by atoms with Crippen LogP contribution in [0.4, 0.5) is 0 Å². The second kappa shape index (κ2) is 9.11. The van der Waals surface area contributed by atoms with Crippen LogP contribution in [0.5, 0.6) is 11.5 Å². The summed E-state index contributed by atoms with van der Waals surface area (Å²) in [4.78, 5) is 21.4. The first-order valence-electron chi connectivity index (χ1n) is 10.6. The minimum atomic E-state index is -0.123. The zero-order chi connectivity index (χ0) is 22.8. The molecule has 0 saturated heterocycles. The van der Waals surface area contributed by atoms with E-state index in [0.717, 1.165) is 28.5 Å². The monoisotopic (exact) mass is 461 g/mol. The molecule has 0 saturated carbocycles. The first-order valence-corrected chi connectivity index (χ1v) is 11.6. The van der Waals surface area contributed by atoms with E-state index in [1.807, 2.05) is 56.3 Å². The van der Waals surface area contributed by atoms with Gasteiger partial charge in [0.15, 0.2) is 29.2 Å². The average Bonchev–Trinajstić information content (AvgIpc) is 3.43. The lowest BCUT2D eigenvalue weighted by Gasteiger charge is -2.27. The quantitative estimate of drug-likeness (QED) is 0.327. The minimum Gasteiger partial charge on any atom is -0.486 e. The third-order valence-corrected chi connectivity index (χ3v) is 6.43. The van der Waals surface area contributed by atoms with Crippen LogP contribution in [0.25, 0.3) is 11.4 Å². The Labute approximate surface area is 195 Å². The van der Waals surface area contributed by atoms with E-state index in [2.05, 4.69) is 24.7 Å². The van der Waals surface area contributed by atoms with Crippen molar-refractivity contribution >= 4 is 17.5 Å². The molecule has 33 heavy (non-hydrogen) atoms. The largest absolute Gasteiger partial charge is 0.486 e. The molecule has 9 heteroatoms. The predicted octanol–water partition coefficient (Wildman–Crippen LogP) is 4.10. The summed E-state index contributed by atoms with van der Waals surface area (Å²) in [7, 11) is 0. The molecular formula is C24H23N5O3S. The van der Waals surface area contributed by atoms with Crippen molar-refractivity contribution in [2.45, 2.75) is 31.7 Å². The zero-order valence-electron chi connectivity index (χ0n) is 18.3. The fraction of sp³-hybridized carbons (Fsp3) is 0.250. The first-order chi connectivity index (χ1) is 16.1. The van der Waals surface area contributed by atoms with Gasteiger partial charge in [-0.1, -0.05) is 23.9 Å². The fourth-order valence-electron chi connectivity index (χ4n) is 3.88. The van der Waals surface area contributed by atoms with Crippen LogP contribution >= 0.6 is 11.8 Å². The number of pyridine rings is 1. The van der Waals surface area contributed by atoms with E-state index in [0.29, 0.717) is 29.7 Å². The molecule has 8 nitrogen and oxygen atoms in total. The maximum atomic E-state index is 13.0. The van der Waals surface area contributed by atoms with Crippen molar-refractivity contribution in [3.05, 3.63) is 71.8 Å². The third-order valence-electron chi connectivity index (χ3n) is 5.58. The molecule has 0 spiro atoms. The lowest BCUT2D eigenvalue weighted by molar-refractivity contribution is 0.0777. The number of aromatic nitrogens is 5. The summed E-state index contributed by atoms with van der Waals surface area (Å²) in [5.41, 5.74) is 3.55. The Bertz CT molecular complexity index is 1280. The number of carbonyl (C=O) groups is 1. The standard InChI is InChI=1S/C24H23N5O3S/c1-15-11-19(16(2)29(15)12-18-13-31-21-5-3-4-6-22(21)32-18)20(30)14-33-24-26-23(27-28-24)17-7-9-25-10-8-17/h3-11,18H,12-14H2,1-2H3,(H,26,27,28). The van der Waals surface area contributed by atoms with Crippen molar-refractivity contribution in [3.8, 4) is 22.9 Å². The van der Waals surface area contributed by atoms with Gasteiger partial charge in [0, 0.05) is 34.9 Å². The van der Waals surface area contributed by atoms with Gasteiger partial charge in [0.25, 0.3) is 0 Å². The number of benzene rings is 1. The normalized spacial score (nSPS) is 14.9. The highest BCUT2D eigenvalue weighted by Gasteiger charge is 2.24. The van der Waals surface area contributed by atoms with E-state index in [9.17, 15) is 4.79 Å². The second-order valence-electron chi connectivity index (χ2n) is 7.81. The highest BCUT2D eigenvalue weighted by molar-refractivity contribution is 7.99. The smallest absolute Gasteiger partial charge is 0.209 e. The maximum Gasteiger partial charge on any atom is 0.209 e. The molecule has 168 valence electrons. The molecular weight excluding hydrogens is 438 g/mol. The van der Waals surface area contributed by atoms with Crippen LogP contribution in [0.3, 0.4) is 0 Å². The molecule has 1 N–H and O–H groups in total. The molecule has 1 atom stereocenters. The predicted molar refractivity (Wildman–Crippen MR) is 125 cm³/mol. The summed E-state index contributed by atoms with van der Waals surface area (Å²) in [5.74, 6) is 2.47. The summed E-state index contributed by atoms with van der Waals surface area (Å²) in [6, 6.07) is 13.3. The molecule has 3 aromatic heterocycles. The topological polar surface area (TPSA) is 94.9 Å². The van der Waals surface area contributed by atoms with Gasteiger partial charge in [0.2, 0.25) is 5.16 Å². The first kappa shape index (κ1) is 21.3. The summed E-state index contributed by atoms with van der Waals surface area (Å²) >= 11 is 1.32. The Morgan fingerprint density at radius 3 is 2.79 bits per heavy atom. The Balaban J connectivity index is 1.24. The SMILES string of the molecule is Cc1cc(C(=O)CSc2n[nH]c(-c3ccncc3)n2)c(C)n1CC1COc2ccccc2O1. The highest BCUT2D eigenvalue weighted by Crippen LogP contribution is 2.32. The van der Waals surface area contributed by atoms with Gasteiger partial charge in [-0.2, -0.15) is 0 Å². The Kier molecular flexibility index (Phi) is 5.87. The van der Waals surface area contributed by atoms with Gasteiger partial charge in [-0.15, -0.1) is 5.10 Å². The maximum absolute atomic E-state index is 13.0. The Morgan fingerprint density at radius 2 is 1.97 bits per heavy atom. The minimum absolute atomic E-state index is 0.0424. The van der Waals surface area contributed by atoms with Gasteiger partial charge >= 0.3 is 0 Å². The second-order valence-corrected chi connectivity index (χ2v) is 8.75. The number of nitrogens with one attached hydrogen (secondary N) is 1. The lowest BCUT2D eigenvalue weighted by Crippen LogP contribution is -2.33. The Hall–Kier alpha value is -3.59. The molecule has 4 heterocycles. The number of hydrogen-bond acceptors (Lipinski definition) is 7. The van der Waals surface area contributed by atoms with E-state index in [1.54, 1.807) is 12.4 Å². The molecule has 0 amide bonds. The van der Waals surface area contributed by atoms with Gasteiger partial charge < -0.3 is 14.0 Å². The molecule has 0 bridgehead atoms. The van der Waals surface area contributed by atoms with Gasteiger partial charge in [0.1, 0.15) is 6.61 Å². The summed E-state index contributed by atoms with van der Waals surface area (Å²) in [5, 5.41) is 7.67. The average molecular weight is 462 g/mol. The molecule has 4 aromatic rings. The van der Waals surface area contributed by atoms with Crippen LogP contribution in [-0.4, -0.2) is 49.0 Å². The highest BCUT2D eigenvalue weighted by atomic mass is 32.2. The van der Waals surface area contributed by atoms with E-state index in [1.165, 1.54) is 11.8 Å². The number of Topliss-reactive ketones (excluding diaryl/α,β-unsaturated/α-hetero) is 1. The zero-order valence-corrected chi connectivity index (χ0v) is 19.1. The molecule has 1 aliphatic rings. The van der Waals surface area contributed by atoms with E-state index >= 15 is 0 Å². The van der Waals surface area contributed by atoms with Crippen molar-refractivity contribution in [3.63, 3.8) is 0 Å². The fourth-order valence-corrected chi connectivity index (χ4v) is 4.56. The van der Waals surface area contributed by atoms with Crippen molar-refractivity contribution in [2.75, 3.05) is 12.4 Å². The molecule has 1 aromatic carbocycles. The van der Waals surface area contributed by atoms with Gasteiger partial charge in [-0.3, -0.25) is 14.9 Å². The number of H-pyrrole nitrogens is 1. The van der Waals surface area contributed by atoms with Crippen molar-refractivity contribution in [2.24, 2.45) is 0 Å². The molecule has 5 rings (SSSR count). The molecule has 1 aliphatic heterocycles. The van der Waals surface area contributed by atoms with Crippen molar-refractivity contribution in [1.82, 2.24) is 24.7 Å². The number of thioether (sulfide) groups is 1. The number of rotatable bonds is 7. The number of para-hydroxylation sites is 2. The number of hydrogen-bond donors (Lipinski definition) is 1. The van der Waals surface area contributed by atoms with Crippen LogP contribution in [0.1, 0.15) is 21.7 Å². The third kappa shape index (κ3) is 4.49. The number of ether oxygens (including phenoxy) is 2. The molecule has 0 aliphatic carbocycles. The molecule has 0 radical (unpaired) electrons. The molecule has 1 unspecified atom stereocenters. The Morgan fingerprint density at radius 1 is 1.18 bits per heavy atom. The summed E-state index contributed by atoms with van der Waals surface area (Å²) < 4.78 is 14.1. The number of carbonyl (C=O) groups excluding carboxylic acids is 1. The number of aromatic amines is 1. The lowest BCUT2D eigenvalue weighted by atomic mass is 10.2. The van der Waals surface area contributed by atoms with Crippen LogP contribution in [0.2, 0.25) is 0 Å². The number of nitrogens with zero attached hydrogens (tertiary/aromatic N) is 4. The van der Waals surface area contributed by atoms with Gasteiger partial charge in [0.05, 0.1) is 12.3 Å². The van der Waals surface area contributed by atoms with Gasteiger partial charge in [-0.25, -0.2) is 4.98 Å². The van der Waals surface area contributed by atoms with E-state index in [4.69, 9.17) is 9.47 Å². The van der Waals surface area contributed by atoms with E-state index in [-0.39, 0.29) is 17.6 Å². The number of aryl methyl sites for hydroxylation is 1. The summed E-state index contributed by atoms with van der Waals surface area (Å²) in [6.07, 6.45) is 3.28. The van der Waals surface area contributed by atoms with Crippen LogP contribution in [0, 0.1) is 13.8 Å². The van der Waals surface area contributed by atoms with E-state index < -0.39 is 0 Å². The van der Waals surface area contributed by atoms with Crippen LogP contribution in [0.15, 0.2) is 60.0 Å². The number of ketones is 1. The van der Waals surface area contributed by atoms with Crippen LogP contribution < -0.4 is 9.47 Å². The van der Waals surface area contributed by atoms with Crippen LogP contribution in [-0.2, 0) is 6.54 Å². The van der Waals surface area contributed by atoms with Crippen molar-refractivity contribution in [1.29, 1.82) is 0 Å². The van der Waals surface area contributed by atoms with Crippen molar-refractivity contribution < 1.29 is 14.3 Å². The summed E-state index contributed by atoms with van der Waals surface area (Å²) in [6.45, 7) is 5.06. The van der Waals surface area contributed by atoms with Gasteiger partial charge in [-0.05, 0) is 44.2 Å². The number of fused-ring (bicyclic) bond motifs is 1.